The Balaban J connectivity index is 1.71. The van der Waals surface area contributed by atoms with Gasteiger partial charge in [-0.2, -0.15) is 0 Å². The third-order valence-electron chi connectivity index (χ3n) is 5.56. The molecule has 1 nitrogen and oxygen atoms in total. The second-order valence-electron chi connectivity index (χ2n) is 7.09. The normalized spacial score (nSPS) is 11.8. The van der Waals surface area contributed by atoms with Crippen molar-refractivity contribution in [2.24, 2.45) is 0 Å². The average molecular weight is 379 g/mol. The smallest absolute Gasteiger partial charge is 0.136 e. The first-order chi connectivity index (χ1) is 13.8. The van der Waals surface area contributed by atoms with Crippen LogP contribution in [-0.4, -0.2) is 0 Å². The topological polar surface area (TPSA) is 13.1 Å². The van der Waals surface area contributed by atoms with Crippen LogP contribution >= 0.6 is 11.6 Å². The number of halogens is 1. The summed E-state index contributed by atoms with van der Waals surface area (Å²) in [6, 6.07) is 31.4. The Kier molecular flexibility index (Phi) is 3.29. The molecule has 0 atom stereocenters. The first kappa shape index (κ1) is 15.7. The van der Waals surface area contributed by atoms with Crippen molar-refractivity contribution in [2.75, 3.05) is 0 Å². The minimum atomic E-state index is 0.739. The van der Waals surface area contributed by atoms with Crippen LogP contribution in [0.4, 0.5) is 0 Å². The van der Waals surface area contributed by atoms with Crippen molar-refractivity contribution in [3.63, 3.8) is 0 Å². The van der Waals surface area contributed by atoms with E-state index in [0.29, 0.717) is 0 Å². The van der Waals surface area contributed by atoms with Gasteiger partial charge in [0.15, 0.2) is 0 Å². The molecule has 5 aromatic carbocycles. The van der Waals surface area contributed by atoms with E-state index in [2.05, 4.69) is 66.7 Å². The lowest BCUT2D eigenvalue weighted by atomic mass is 9.94. The van der Waals surface area contributed by atoms with Crippen LogP contribution in [-0.2, 0) is 0 Å². The number of hydrogen-bond donors (Lipinski definition) is 0. The Bertz CT molecular complexity index is 1520. The maximum absolute atomic E-state index is 6.96. The Hall–Kier alpha value is -3.29. The van der Waals surface area contributed by atoms with Gasteiger partial charge in [-0.15, -0.1) is 0 Å². The van der Waals surface area contributed by atoms with Crippen molar-refractivity contribution < 1.29 is 4.42 Å². The van der Waals surface area contributed by atoms with E-state index in [0.717, 1.165) is 38.1 Å². The summed E-state index contributed by atoms with van der Waals surface area (Å²) in [4.78, 5) is 0. The van der Waals surface area contributed by atoms with Crippen LogP contribution in [0.2, 0.25) is 5.02 Å². The van der Waals surface area contributed by atoms with Crippen LogP contribution in [0.3, 0.4) is 0 Å². The molecule has 0 spiro atoms. The summed E-state index contributed by atoms with van der Waals surface area (Å²) in [5.41, 5.74) is 3.85. The number of para-hydroxylation sites is 1. The molecule has 0 aliphatic carbocycles. The molecule has 0 saturated carbocycles. The van der Waals surface area contributed by atoms with E-state index in [1.54, 1.807) is 0 Å². The molecule has 0 fully saturated rings. The van der Waals surface area contributed by atoms with Crippen molar-refractivity contribution in [3.8, 4) is 11.1 Å². The molecule has 1 heterocycles. The summed E-state index contributed by atoms with van der Waals surface area (Å²) < 4.78 is 5.98. The van der Waals surface area contributed by atoms with Gasteiger partial charge in [0.1, 0.15) is 11.2 Å². The minimum absolute atomic E-state index is 0.739. The highest BCUT2D eigenvalue weighted by molar-refractivity contribution is 6.40. The van der Waals surface area contributed by atoms with Crippen molar-refractivity contribution in [2.45, 2.75) is 0 Å². The summed E-state index contributed by atoms with van der Waals surface area (Å²) in [7, 11) is 0. The number of benzene rings is 5. The first-order valence-electron chi connectivity index (χ1n) is 9.32. The van der Waals surface area contributed by atoms with Gasteiger partial charge in [-0.25, -0.2) is 0 Å². The maximum atomic E-state index is 6.96. The molecule has 0 radical (unpaired) electrons. The number of furan rings is 1. The minimum Gasteiger partial charge on any atom is -0.456 e. The van der Waals surface area contributed by atoms with Crippen LogP contribution in [0, 0.1) is 0 Å². The number of rotatable bonds is 1. The quantitative estimate of drug-likeness (QED) is 0.263. The molecule has 2 heteroatoms. The zero-order valence-electron chi connectivity index (χ0n) is 14.9. The predicted octanol–water partition coefficient (Wildman–Crippen LogP) is 8.21. The molecule has 0 N–H and O–H groups in total. The van der Waals surface area contributed by atoms with E-state index in [4.69, 9.17) is 16.0 Å². The molecule has 0 unspecified atom stereocenters. The van der Waals surface area contributed by atoms with E-state index < -0.39 is 0 Å². The van der Waals surface area contributed by atoms with Gasteiger partial charge in [0.2, 0.25) is 0 Å². The Morgan fingerprint density at radius 3 is 2.21 bits per heavy atom. The van der Waals surface area contributed by atoms with Crippen molar-refractivity contribution in [1.29, 1.82) is 0 Å². The third-order valence-corrected chi connectivity index (χ3v) is 5.95. The van der Waals surface area contributed by atoms with Gasteiger partial charge in [0.25, 0.3) is 0 Å². The molecule has 0 amide bonds. The van der Waals surface area contributed by atoms with E-state index in [9.17, 15) is 0 Å². The summed E-state index contributed by atoms with van der Waals surface area (Å²) in [6.45, 7) is 0. The lowest BCUT2D eigenvalue weighted by Gasteiger charge is -2.11. The summed E-state index contributed by atoms with van der Waals surface area (Å²) in [6.07, 6.45) is 0. The van der Waals surface area contributed by atoms with Gasteiger partial charge < -0.3 is 4.42 Å². The lowest BCUT2D eigenvalue weighted by molar-refractivity contribution is 0.669. The molecule has 0 aliphatic heterocycles. The highest BCUT2D eigenvalue weighted by atomic mass is 35.5. The maximum Gasteiger partial charge on any atom is 0.136 e. The van der Waals surface area contributed by atoms with Gasteiger partial charge in [0, 0.05) is 16.3 Å². The molecule has 0 bridgehead atoms. The number of hydrogen-bond acceptors (Lipinski definition) is 1. The highest BCUT2D eigenvalue weighted by Crippen LogP contribution is 2.42. The van der Waals surface area contributed by atoms with Crippen LogP contribution in [0.5, 0.6) is 0 Å². The van der Waals surface area contributed by atoms with E-state index in [1.165, 1.54) is 21.5 Å². The molecule has 1 aromatic heterocycles. The van der Waals surface area contributed by atoms with Crippen LogP contribution in [0.1, 0.15) is 0 Å². The summed E-state index contributed by atoms with van der Waals surface area (Å²) in [5.74, 6) is 0. The molecular formula is C26H15ClO. The van der Waals surface area contributed by atoms with E-state index in [1.807, 2.05) is 24.3 Å². The molecule has 132 valence electrons. The summed E-state index contributed by atoms with van der Waals surface area (Å²) in [5, 5.41) is 7.71. The fourth-order valence-corrected chi connectivity index (χ4v) is 4.62. The Labute approximate surface area is 166 Å². The fourth-order valence-electron chi connectivity index (χ4n) is 4.26. The van der Waals surface area contributed by atoms with Gasteiger partial charge in [-0.1, -0.05) is 84.4 Å². The van der Waals surface area contributed by atoms with Crippen LogP contribution < -0.4 is 0 Å². The van der Waals surface area contributed by atoms with Gasteiger partial charge >= 0.3 is 0 Å². The zero-order chi connectivity index (χ0) is 18.7. The lowest BCUT2D eigenvalue weighted by Crippen LogP contribution is -1.85. The SMILES string of the molecule is Clc1c(-c2cccc3c2ccc2ccccc23)ccc2oc3ccccc3c12. The molecule has 28 heavy (non-hydrogen) atoms. The predicted molar refractivity (Wildman–Crippen MR) is 119 cm³/mol. The van der Waals surface area contributed by atoms with Crippen LogP contribution in [0.25, 0.3) is 54.6 Å². The Morgan fingerprint density at radius 2 is 1.29 bits per heavy atom. The molecule has 6 aromatic rings. The van der Waals surface area contributed by atoms with Gasteiger partial charge in [-0.05, 0) is 45.3 Å². The highest BCUT2D eigenvalue weighted by Gasteiger charge is 2.16. The van der Waals surface area contributed by atoms with Crippen molar-refractivity contribution >= 4 is 55.1 Å². The first-order valence-corrected chi connectivity index (χ1v) is 9.70. The number of fused-ring (bicyclic) bond motifs is 6. The molecule has 6 rings (SSSR count). The Morgan fingerprint density at radius 1 is 0.500 bits per heavy atom. The van der Waals surface area contributed by atoms with E-state index in [-0.39, 0.29) is 0 Å². The van der Waals surface area contributed by atoms with Gasteiger partial charge in [-0.3, -0.25) is 0 Å². The van der Waals surface area contributed by atoms with Crippen molar-refractivity contribution in [1.82, 2.24) is 0 Å². The van der Waals surface area contributed by atoms with E-state index >= 15 is 0 Å². The molecule has 0 aliphatic rings. The standard InChI is InChI=1S/C26H15ClO/c27-26-21(14-15-24-25(26)22-8-3-4-11-23(22)28-24)19-10-5-9-18-17-7-2-1-6-16(17)12-13-20(18)19/h1-15H. The zero-order valence-corrected chi connectivity index (χ0v) is 15.7. The second kappa shape index (κ2) is 5.85. The van der Waals surface area contributed by atoms with Crippen LogP contribution in [0.15, 0.2) is 95.4 Å². The largest absolute Gasteiger partial charge is 0.456 e. The summed E-state index contributed by atoms with van der Waals surface area (Å²) >= 11 is 6.96. The van der Waals surface area contributed by atoms with Crippen molar-refractivity contribution in [3.05, 3.63) is 96.0 Å². The monoisotopic (exact) mass is 378 g/mol. The second-order valence-corrected chi connectivity index (χ2v) is 7.46. The van der Waals surface area contributed by atoms with Gasteiger partial charge in [0.05, 0.1) is 5.02 Å². The average Bonchev–Trinajstić information content (AvgIpc) is 3.13. The molecule has 0 saturated heterocycles. The fraction of sp³-hybridized carbons (Fsp3) is 0. The third kappa shape index (κ3) is 2.14. The molecular weight excluding hydrogens is 364 g/mol.